The van der Waals surface area contributed by atoms with Gasteiger partial charge in [-0.3, -0.25) is 47.9 Å². The molecule has 11 N–H and O–H groups in total. The number of nitrogens with one attached hydrogen (secondary N) is 3. The zero-order valence-electron chi connectivity index (χ0n) is 31.8. The van der Waals surface area contributed by atoms with E-state index in [1.165, 1.54) is 12.2 Å². The standard InChI is InChI=1S/C39H38N4O18/c44-30(45)5-1-16-20(9-34(52)53)27(14-26-18(3-7-32(48)49)23(12-37(58)59)39(61)42-26)40-24(16)13-25-17(2-6-31(46)47)21(10-35(54)55)28(41-25)15-29-22(11-36(56)57)19(38(60)43-29)4-8-33(50)51/h13-15,40-41H,1-12H2,(H,42,61)(H,44,45)(H,46,47)(H,48,49)(H,50,51)(H,52,53)(H,54,55)(H,56,57)(H,58,59)/b25-13+,26-14-,28-15+. The van der Waals surface area contributed by atoms with Crippen LogP contribution in [0.5, 0.6) is 0 Å². The normalized spacial score (nSPS) is 15.1. The number of carbonyl (C=O) groups is 10. The molecule has 22 heteroatoms. The van der Waals surface area contributed by atoms with Crippen LogP contribution in [0.15, 0.2) is 33.0 Å². The SMILES string of the molecule is O=C(O)CCC1=C(CC(=O)O)C(/C=c2/[nH]/c(=C/c3[nH]c(/C=C4\NC(=O)C(CC(=O)O)=C4CCC(=O)O)c(CC(=O)O)c3CCC(=O)O)c(CCC(=O)O)c2CC(=O)O)=NC1=O. The van der Waals surface area contributed by atoms with Crippen molar-refractivity contribution in [3.8, 4) is 0 Å². The van der Waals surface area contributed by atoms with Crippen LogP contribution in [-0.4, -0.2) is 116 Å². The second kappa shape index (κ2) is 19.7. The second-order valence-electron chi connectivity index (χ2n) is 13.7. The van der Waals surface area contributed by atoms with E-state index in [1.807, 2.05) is 0 Å². The minimum Gasteiger partial charge on any atom is -0.481 e. The summed E-state index contributed by atoms with van der Waals surface area (Å²) in [6.07, 6.45) is -2.92. The van der Waals surface area contributed by atoms with E-state index >= 15 is 0 Å². The fourth-order valence-corrected chi connectivity index (χ4v) is 6.94. The summed E-state index contributed by atoms with van der Waals surface area (Å²) in [6, 6.07) is 0. The Labute approximate surface area is 341 Å². The number of aromatic amines is 2. The molecule has 61 heavy (non-hydrogen) atoms. The highest BCUT2D eigenvalue weighted by atomic mass is 16.4. The molecule has 0 spiro atoms. The number of aliphatic carboxylic acids is 8. The lowest BCUT2D eigenvalue weighted by atomic mass is 9.97. The van der Waals surface area contributed by atoms with Gasteiger partial charge in [-0.2, -0.15) is 0 Å². The van der Waals surface area contributed by atoms with Gasteiger partial charge in [0.1, 0.15) is 0 Å². The quantitative estimate of drug-likeness (QED) is 0.0699. The second-order valence-corrected chi connectivity index (χ2v) is 13.7. The molecule has 22 nitrogen and oxygen atoms in total. The minimum atomic E-state index is -1.41. The van der Waals surface area contributed by atoms with Crippen molar-refractivity contribution in [1.82, 2.24) is 15.3 Å². The fourth-order valence-electron chi connectivity index (χ4n) is 6.94. The summed E-state index contributed by atoms with van der Waals surface area (Å²) in [5.74, 6) is -12.5. The van der Waals surface area contributed by atoms with E-state index in [0.717, 1.165) is 6.08 Å². The maximum Gasteiger partial charge on any atom is 0.308 e. The van der Waals surface area contributed by atoms with Crippen molar-refractivity contribution in [3.05, 3.63) is 72.3 Å². The predicted octanol–water partition coefficient (Wildman–Crippen LogP) is -0.0352. The molecule has 0 saturated carbocycles. The van der Waals surface area contributed by atoms with Gasteiger partial charge in [0.2, 0.25) is 0 Å². The molecule has 0 atom stereocenters. The summed E-state index contributed by atoms with van der Waals surface area (Å²) in [5, 5.41) is 79.0. The van der Waals surface area contributed by atoms with Crippen molar-refractivity contribution in [2.75, 3.05) is 0 Å². The molecule has 2 aliphatic rings. The Bertz CT molecular complexity index is 2530. The third-order valence-corrected chi connectivity index (χ3v) is 9.46. The summed E-state index contributed by atoms with van der Waals surface area (Å²) in [6.45, 7) is 0. The van der Waals surface area contributed by atoms with Gasteiger partial charge in [0.05, 0.1) is 31.4 Å². The number of carboxylic acid groups (broad SMARTS) is 8. The zero-order valence-corrected chi connectivity index (χ0v) is 31.8. The summed E-state index contributed by atoms with van der Waals surface area (Å²) in [4.78, 5) is 130. The fraction of sp³-hybridized carbons (Fsp3) is 0.308. The Morgan fingerprint density at radius 1 is 0.443 bits per heavy atom. The molecule has 0 saturated heterocycles. The molecule has 2 aliphatic heterocycles. The summed E-state index contributed by atoms with van der Waals surface area (Å²) in [5.41, 5.74) is -0.821. The number of carboxylic acids is 8. The molecule has 4 rings (SSSR count). The van der Waals surface area contributed by atoms with Crippen molar-refractivity contribution >= 4 is 83.5 Å². The summed E-state index contributed by atoms with van der Waals surface area (Å²) < 4.78 is 0. The highest BCUT2D eigenvalue weighted by Crippen LogP contribution is 2.32. The molecule has 0 radical (unpaired) electrons. The number of hydrogen-bond donors (Lipinski definition) is 11. The maximum atomic E-state index is 12.9. The van der Waals surface area contributed by atoms with Crippen LogP contribution in [0.25, 0.3) is 18.2 Å². The number of allylic oxidation sites excluding steroid dienone is 1. The van der Waals surface area contributed by atoms with Crippen molar-refractivity contribution in [2.24, 2.45) is 4.99 Å². The van der Waals surface area contributed by atoms with Gasteiger partial charge in [-0.05, 0) is 77.3 Å². The van der Waals surface area contributed by atoms with Crippen LogP contribution < -0.4 is 16.0 Å². The van der Waals surface area contributed by atoms with Crippen LogP contribution >= 0.6 is 0 Å². The van der Waals surface area contributed by atoms with Crippen molar-refractivity contribution in [3.63, 3.8) is 0 Å². The van der Waals surface area contributed by atoms with Gasteiger partial charge < -0.3 is 56.1 Å². The summed E-state index contributed by atoms with van der Waals surface area (Å²) >= 11 is 0. The maximum absolute atomic E-state index is 12.9. The molecular weight excluding hydrogens is 812 g/mol. The van der Waals surface area contributed by atoms with Crippen LogP contribution in [0.4, 0.5) is 0 Å². The number of aliphatic imine (C=N–C) groups is 1. The van der Waals surface area contributed by atoms with Crippen molar-refractivity contribution in [2.45, 2.75) is 77.0 Å². The molecule has 0 aliphatic carbocycles. The van der Waals surface area contributed by atoms with Crippen LogP contribution in [0.3, 0.4) is 0 Å². The van der Waals surface area contributed by atoms with Gasteiger partial charge in [0.15, 0.2) is 0 Å². The Morgan fingerprint density at radius 2 is 0.902 bits per heavy atom. The Morgan fingerprint density at radius 3 is 1.44 bits per heavy atom. The monoisotopic (exact) mass is 850 g/mol. The number of hydrogen-bond acceptors (Lipinski definition) is 10. The first-order valence-electron chi connectivity index (χ1n) is 18.2. The van der Waals surface area contributed by atoms with Gasteiger partial charge in [-0.1, -0.05) is 0 Å². The first kappa shape index (κ1) is 45.8. The van der Waals surface area contributed by atoms with E-state index in [9.17, 15) is 88.8 Å². The first-order chi connectivity index (χ1) is 28.6. The van der Waals surface area contributed by atoms with Crippen LogP contribution in [-0.2, 0) is 73.6 Å². The van der Waals surface area contributed by atoms with Crippen molar-refractivity contribution in [1.29, 1.82) is 0 Å². The molecule has 0 bridgehead atoms. The Balaban J connectivity index is 2.09. The molecule has 2 aromatic rings. The van der Waals surface area contributed by atoms with Gasteiger partial charge in [-0.15, -0.1) is 0 Å². The first-order valence-corrected chi connectivity index (χ1v) is 18.2. The van der Waals surface area contributed by atoms with Crippen LogP contribution in [0.2, 0.25) is 0 Å². The highest BCUT2D eigenvalue weighted by molar-refractivity contribution is 6.32. The summed E-state index contributed by atoms with van der Waals surface area (Å²) in [7, 11) is 0. The average molecular weight is 851 g/mol. The van der Waals surface area contributed by atoms with Crippen LogP contribution in [0.1, 0.15) is 85.0 Å². The van der Waals surface area contributed by atoms with Gasteiger partial charge in [-0.25, -0.2) is 4.99 Å². The number of carbonyl (C=O) groups excluding carboxylic acids is 2. The van der Waals surface area contributed by atoms with E-state index in [-0.39, 0.29) is 104 Å². The number of H-pyrrole nitrogens is 2. The van der Waals surface area contributed by atoms with E-state index in [4.69, 9.17) is 0 Å². The van der Waals surface area contributed by atoms with Gasteiger partial charge in [0, 0.05) is 64.6 Å². The van der Waals surface area contributed by atoms with E-state index in [2.05, 4.69) is 20.3 Å². The molecule has 0 fully saturated rings. The zero-order chi connectivity index (χ0) is 45.3. The number of rotatable bonds is 23. The van der Waals surface area contributed by atoms with E-state index < -0.39 is 111 Å². The smallest absolute Gasteiger partial charge is 0.308 e. The highest BCUT2D eigenvalue weighted by Gasteiger charge is 2.31. The van der Waals surface area contributed by atoms with Crippen molar-refractivity contribution < 1.29 is 88.8 Å². The lowest BCUT2D eigenvalue weighted by Crippen LogP contribution is -2.17. The predicted molar refractivity (Wildman–Crippen MR) is 204 cm³/mol. The molecule has 4 heterocycles. The third kappa shape index (κ3) is 12.1. The van der Waals surface area contributed by atoms with Gasteiger partial charge >= 0.3 is 47.8 Å². The number of aromatic nitrogens is 2. The van der Waals surface area contributed by atoms with E-state index in [1.54, 1.807) is 0 Å². The number of amides is 2. The molecule has 0 aromatic carbocycles. The van der Waals surface area contributed by atoms with E-state index in [0.29, 0.717) is 0 Å². The largest absolute Gasteiger partial charge is 0.481 e. The lowest BCUT2D eigenvalue weighted by Gasteiger charge is -2.07. The topological polar surface area (TPSA) is 389 Å². The number of nitrogens with zero attached hydrogens (tertiary/aromatic N) is 1. The minimum absolute atomic E-state index is 0.00222. The molecule has 2 aromatic heterocycles. The molecule has 2 amide bonds. The average Bonchev–Trinajstić information content (AvgIpc) is 3.80. The Kier molecular flexibility index (Phi) is 14.8. The third-order valence-electron chi connectivity index (χ3n) is 9.46. The van der Waals surface area contributed by atoms with Gasteiger partial charge in [0.25, 0.3) is 11.8 Å². The molecule has 322 valence electrons. The van der Waals surface area contributed by atoms with Crippen LogP contribution in [0, 0.1) is 0 Å². The molecular formula is C39H38N4O18. The Hall–Kier alpha value is -7.91. The lowest BCUT2D eigenvalue weighted by molar-refractivity contribution is -0.138. The molecule has 0 unspecified atom stereocenters.